The van der Waals surface area contributed by atoms with E-state index in [0.717, 1.165) is 18.8 Å². The van der Waals surface area contributed by atoms with E-state index in [-0.39, 0.29) is 21.9 Å². The van der Waals surface area contributed by atoms with Gasteiger partial charge in [-0.2, -0.15) is 0 Å². The van der Waals surface area contributed by atoms with Crippen molar-refractivity contribution in [2.45, 2.75) is 19.9 Å². The maximum Gasteiger partial charge on any atom is 0.300 e. The summed E-state index contributed by atoms with van der Waals surface area (Å²) in [6.45, 7) is 5.80. The van der Waals surface area contributed by atoms with Crippen molar-refractivity contribution >= 4 is 40.4 Å². The molecule has 4 rings (SSSR count). The summed E-state index contributed by atoms with van der Waals surface area (Å²) in [5, 5.41) is 11.8. The molecule has 0 spiro atoms. The predicted octanol–water partition coefficient (Wildman–Crippen LogP) is 5.84. The van der Waals surface area contributed by atoms with Crippen molar-refractivity contribution in [1.29, 1.82) is 0 Å². The first-order valence-electron chi connectivity index (χ1n) is 12.5. The summed E-state index contributed by atoms with van der Waals surface area (Å²) >= 11 is 6.37. The SMILES string of the molecule is CCN(CC)c1ccc(C2/C(=C(\O)c3cc(Cl)c(OC)cc3OC)C(=O)C(=O)N2c2ccccc2OC)cc1. The molecule has 1 N–H and O–H groups in total. The molecule has 204 valence electrons. The number of aliphatic hydroxyl groups excluding tert-OH is 1. The van der Waals surface area contributed by atoms with Gasteiger partial charge >= 0.3 is 0 Å². The largest absolute Gasteiger partial charge is 0.507 e. The fourth-order valence-electron chi connectivity index (χ4n) is 4.87. The van der Waals surface area contributed by atoms with Gasteiger partial charge in [0.25, 0.3) is 11.7 Å². The number of amides is 1. The number of carbonyl (C=O) groups is 2. The van der Waals surface area contributed by atoms with Crippen molar-refractivity contribution in [3.05, 3.63) is 82.4 Å². The molecule has 1 fully saturated rings. The molecule has 0 aliphatic carbocycles. The second-order valence-electron chi connectivity index (χ2n) is 8.79. The molecule has 8 nitrogen and oxygen atoms in total. The molecule has 1 atom stereocenters. The first-order valence-corrected chi connectivity index (χ1v) is 12.9. The van der Waals surface area contributed by atoms with Gasteiger partial charge in [0.05, 0.1) is 49.2 Å². The van der Waals surface area contributed by atoms with Gasteiger partial charge in [-0.1, -0.05) is 35.9 Å². The normalized spacial score (nSPS) is 16.4. The van der Waals surface area contributed by atoms with E-state index in [0.29, 0.717) is 22.7 Å². The summed E-state index contributed by atoms with van der Waals surface area (Å²) in [6, 6.07) is 16.6. The number of halogens is 1. The van der Waals surface area contributed by atoms with Gasteiger partial charge in [-0.3, -0.25) is 14.5 Å². The van der Waals surface area contributed by atoms with E-state index in [2.05, 4.69) is 18.7 Å². The lowest BCUT2D eigenvalue weighted by molar-refractivity contribution is -0.132. The number of methoxy groups -OCH3 is 3. The average molecular weight is 551 g/mol. The first-order chi connectivity index (χ1) is 18.8. The summed E-state index contributed by atoms with van der Waals surface area (Å²) in [7, 11) is 4.38. The third-order valence-electron chi connectivity index (χ3n) is 6.86. The van der Waals surface area contributed by atoms with Gasteiger partial charge in [0.1, 0.15) is 23.0 Å². The monoisotopic (exact) mass is 550 g/mol. The number of Topliss-reactive ketones (excluding diaryl/α,β-unsaturated/α-hetero) is 1. The Balaban J connectivity index is 1.98. The number of carbonyl (C=O) groups excluding carboxylic acids is 2. The van der Waals surface area contributed by atoms with Gasteiger partial charge in [-0.15, -0.1) is 0 Å². The molecular weight excluding hydrogens is 520 g/mol. The van der Waals surface area contributed by atoms with E-state index < -0.39 is 23.5 Å². The van der Waals surface area contributed by atoms with Crippen LogP contribution in [0.5, 0.6) is 17.2 Å². The Kier molecular flexibility index (Phi) is 8.35. The highest BCUT2D eigenvalue weighted by Crippen LogP contribution is 2.46. The number of ketones is 1. The quantitative estimate of drug-likeness (QED) is 0.203. The van der Waals surface area contributed by atoms with Gasteiger partial charge in [0.2, 0.25) is 0 Å². The number of anilines is 2. The zero-order chi connectivity index (χ0) is 28.3. The van der Waals surface area contributed by atoms with Crippen LogP contribution in [0.1, 0.15) is 31.0 Å². The van der Waals surface area contributed by atoms with Crippen LogP contribution in [0.2, 0.25) is 5.02 Å². The van der Waals surface area contributed by atoms with Crippen LogP contribution >= 0.6 is 11.6 Å². The van der Waals surface area contributed by atoms with Gasteiger partial charge in [0.15, 0.2) is 0 Å². The molecule has 0 radical (unpaired) electrons. The Morgan fingerprint density at radius 3 is 2.10 bits per heavy atom. The maximum absolute atomic E-state index is 13.6. The Labute approximate surface area is 233 Å². The van der Waals surface area contributed by atoms with Crippen LogP contribution in [0.15, 0.2) is 66.2 Å². The molecule has 3 aromatic carbocycles. The van der Waals surface area contributed by atoms with Crippen molar-refractivity contribution in [3.63, 3.8) is 0 Å². The molecule has 1 unspecified atom stereocenters. The highest BCUT2D eigenvalue weighted by atomic mass is 35.5. The van der Waals surface area contributed by atoms with Crippen molar-refractivity contribution in [3.8, 4) is 17.2 Å². The van der Waals surface area contributed by atoms with Crippen molar-refractivity contribution in [1.82, 2.24) is 0 Å². The Hall–Kier alpha value is -4.17. The lowest BCUT2D eigenvalue weighted by Gasteiger charge is -2.28. The lowest BCUT2D eigenvalue weighted by Crippen LogP contribution is -2.30. The molecule has 39 heavy (non-hydrogen) atoms. The summed E-state index contributed by atoms with van der Waals surface area (Å²) in [5.74, 6) is -1.07. The van der Waals surface area contributed by atoms with Crippen molar-refractivity contribution in [2.24, 2.45) is 0 Å². The Bertz CT molecular complexity index is 1420. The van der Waals surface area contributed by atoms with Crippen LogP contribution < -0.4 is 24.0 Å². The first kappa shape index (κ1) is 27.9. The van der Waals surface area contributed by atoms with E-state index in [1.807, 2.05) is 24.3 Å². The zero-order valence-corrected chi connectivity index (χ0v) is 23.3. The molecule has 3 aromatic rings. The minimum absolute atomic E-state index is 0.0963. The molecule has 1 aliphatic rings. The van der Waals surface area contributed by atoms with Gasteiger partial charge < -0.3 is 24.2 Å². The lowest BCUT2D eigenvalue weighted by atomic mass is 9.94. The van der Waals surface area contributed by atoms with Gasteiger partial charge in [-0.25, -0.2) is 0 Å². The van der Waals surface area contributed by atoms with E-state index >= 15 is 0 Å². The zero-order valence-electron chi connectivity index (χ0n) is 22.5. The van der Waals surface area contributed by atoms with Crippen molar-refractivity contribution in [2.75, 3.05) is 44.2 Å². The molecule has 0 saturated carbocycles. The van der Waals surface area contributed by atoms with E-state index in [4.69, 9.17) is 25.8 Å². The smallest absolute Gasteiger partial charge is 0.300 e. The molecule has 1 heterocycles. The second-order valence-corrected chi connectivity index (χ2v) is 9.20. The van der Waals surface area contributed by atoms with Crippen LogP contribution in [-0.2, 0) is 9.59 Å². The van der Waals surface area contributed by atoms with Crippen LogP contribution in [0, 0.1) is 0 Å². The molecule has 0 bridgehead atoms. The van der Waals surface area contributed by atoms with E-state index in [1.54, 1.807) is 24.3 Å². The number of hydrogen-bond acceptors (Lipinski definition) is 7. The fraction of sp³-hybridized carbons (Fsp3) is 0.267. The summed E-state index contributed by atoms with van der Waals surface area (Å²) in [5.41, 5.74) is 2.10. The summed E-state index contributed by atoms with van der Waals surface area (Å²) < 4.78 is 16.3. The molecular formula is C30H31ClN2O6. The highest BCUT2D eigenvalue weighted by molar-refractivity contribution is 6.52. The average Bonchev–Trinajstić information content (AvgIpc) is 3.23. The van der Waals surface area contributed by atoms with Crippen LogP contribution in [0.3, 0.4) is 0 Å². The molecule has 0 aromatic heterocycles. The molecule has 1 aliphatic heterocycles. The number of hydrogen-bond donors (Lipinski definition) is 1. The Morgan fingerprint density at radius 1 is 0.897 bits per heavy atom. The number of aliphatic hydroxyl groups is 1. The topological polar surface area (TPSA) is 88.5 Å². The Morgan fingerprint density at radius 2 is 1.51 bits per heavy atom. The maximum atomic E-state index is 13.6. The highest BCUT2D eigenvalue weighted by Gasteiger charge is 2.48. The standard InChI is InChI=1S/C30H31ClN2O6/c1-6-32(7-2)19-14-12-18(13-15-19)27-26(28(34)20-16-21(31)25(39-5)17-24(20)38-4)29(35)30(36)33(27)22-10-8-9-11-23(22)37-3/h8-17,27,34H,6-7H2,1-5H3/b28-26+. The van der Waals surface area contributed by atoms with Crippen LogP contribution in [0.25, 0.3) is 5.76 Å². The predicted molar refractivity (Wildman–Crippen MR) is 152 cm³/mol. The third kappa shape index (κ3) is 5.00. The minimum Gasteiger partial charge on any atom is -0.507 e. The fourth-order valence-corrected chi connectivity index (χ4v) is 5.11. The van der Waals surface area contributed by atoms with Crippen LogP contribution in [0.4, 0.5) is 11.4 Å². The number of benzene rings is 3. The molecule has 9 heteroatoms. The summed E-state index contributed by atoms with van der Waals surface area (Å²) in [6.07, 6.45) is 0. The van der Waals surface area contributed by atoms with E-state index in [1.165, 1.54) is 38.4 Å². The number of nitrogens with zero attached hydrogens (tertiary/aromatic N) is 2. The molecule has 1 saturated heterocycles. The second kappa shape index (κ2) is 11.7. The number of ether oxygens (including phenoxy) is 3. The van der Waals surface area contributed by atoms with Crippen molar-refractivity contribution < 1.29 is 28.9 Å². The summed E-state index contributed by atoms with van der Waals surface area (Å²) in [4.78, 5) is 30.7. The molecule has 1 amide bonds. The van der Waals surface area contributed by atoms with E-state index in [9.17, 15) is 14.7 Å². The minimum atomic E-state index is -0.947. The number of para-hydroxylation sites is 2. The third-order valence-corrected chi connectivity index (χ3v) is 7.15. The van der Waals surface area contributed by atoms with Gasteiger partial charge in [-0.05, 0) is 49.7 Å². The van der Waals surface area contributed by atoms with Gasteiger partial charge in [0, 0.05) is 24.8 Å². The number of rotatable bonds is 9. The van der Waals surface area contributed by atoms with Crippen LogP contribution in [-0.4, -0.2) is 51.2 Å².